The van der Waals surface area contributed by atoms with Gasteiger partial charge in [0.2, 0.25) is 0 Å². The van der Waals surface area contributed by atoms with Gasteiger partial charge in [-0.25, -0.2) is 9.18 Å². The van der Waals surface area contributed by atoms with E-state index in [9.17, 15) is 19.1 Å². The predicted molar refractivity (Wildman–Crippen MR) is 106 cm³/mol. The lowest BCUT2D eigenvalue weighted by Gasteiger charge is -2.03. The lowest BCUT2D eigenvalue weighted by atomic mass is 10.0. The van der Waals surface area contributed by atoms with Crippen LogP contribution in [0.15, 0.2) is 60.0 Å². The van der Waals surface area contributed by atoms with Crippen molar-refractivity contribution in [2.75, 3.05) is 0 Å². The van der Waals surface area contributed by atoms with E-state index < -0.39 is 5.97 Å². The van der Waals surface area contributed by atoms with Gasteiger partial charge < -0.3 is 5.11 Å². The number of allylic oxidation sites excluding steroid dienone is 1. The second-order valence-corrected chi connectivity index (χ2v) is 7.19. The molecule has 27 heavy (non-hydrogen) atoms. The van der Waals surface area contributed by atoms with Gasteiger partial charge in [-0.3, -0.25) is 4.79 Å². The van der Waals surface area contributed by atoms with Crippen molar-refractivity contribution in [1.29, 1.82) is 0 Å². The summed E-state index contributed by atoms with van der Waals surface area (Å²) in [5.41, 5.74) is 1.97. The highest BCUT2D eigenvalue weighted by molar-refractivity contribution is 7.11. The van der Waals surface area contributed by atoms with E-state index >= 15 is 0 Å². The average Bonchev–Trinajstić information content (AvgIpc) is 3.04. The number of hydrogen-bond acceptors (Lipinski definition) is 3. The highest BCUT2D eigenvalue weighted by Crippen LogP contribution is 2.33. The lowest BCUT2D eigenvalue weighted by molar-refractivity contribution is -0.113. The van der Waals surface area contributed by atoms with Crippen LogP contribution in [-0.4, -0.2) is 16.9 Å². The van der Waals surface area contributed by atoms with E-state index in [1.165, 1.54) is 35.6 Å². The quantitative estimate of drug-likeness (QED) is 0.537. The van der Waals surface area contributed by atoms with Crippen molar-refractivity contribution >= 4 is 40.8 Å². The fourth-order valence-corrected chi connectivity index (χ4v) is 3.80. The largest absolute Gasteiger partial charge is 0.478 e. The molecule has 0 atom stereocenters. The number of carboxylic acids is 1. The van der Waals surface area contributed by atoms with Gasteiger partial charge in [0.25, 0.3) is 0 Å². The molecule has 0 aliphatic heterocycles. The normalized spacial score (nSPS) is 11.0. The summed E-state index contributed by atoms with van der Waals surface area (Å²) in [5, 5.41) is 11.9. The van der Waals surface area contributed by atoms with Gasteiger partial charge in [-0.05, 0) is 46.8 Å². The third-order valence-electron chi connectivity index (χ3n) is 3.88. The topological polar surface area (TPSA) is 54.4 Å². The van der Waals surface area contributed by atoms with Gasteiger partial charge in [-0.2, -0.15) is 0 Å². The van der Waals surface area contributed by atoms with Crippen molar-refractivity contribution in [3.05, 3.63) is 86.8 Å². The molecule has 0 saturated carbocycles. The number of aromatic carboxylic acids is 1. The van der Waals surface area contributed by atoms with Gasteiger partial charge in [-0.1, -0.05) is 41.9 Å². The minimum Gasteiger partial charge on any atom is -0.478 e. The minimum atomic E-state index is -1.09. The fourth-order valence-electron chi connectivity index (χ4n) is 2.62. The summed E-state index contributed by atoms with van der Waals surface area (Å²) in [6, 6.07) is 12.7. The van der Waals surface area contributed by atoms with E-state index in [-0.39, 0.29) is 23.6 Å². The Morgan fingerprint density at radius 3 is 2.56 bits per heavy atom. The molecule has 0 aliphatic carbocycles. The van der Waals surface area contributed by atoms with E-state index in [1.807, 2.05) is 0 Å². The molecule has 2 aromatic carbocycles. The first-order valence-corrected chi connectivity index (χ1v) is 9.26. The molecule has 1 aromatic heterocycles. The monoisotopic (exact) mass is 400 g/mol. The summed E-state index contributed by atoms with van der Waals surface area (Å²) < 4.78 is 13.2. The molecule has 0 radical (unpaired) electrons. The van der Waals surface area contributed by atoms with Crippen LogP contribution in [0.5, 0.6) is 0 Å². The van der Waals surface area contributed by atoms with Crippen LogP contribution in [0.25, 0.3) is 17.2 Å². The van der Waals surface area contributed by atoms with E-state index in [2.05, 4.69) is 0 Å². The molecule has 3 rings (SSSR count). The van der Waals surface area contributed by atoms with Crippen molar-refractivity contribution in [3.8, 4) is 11.1 Å². The first-order chi connectivity index (χ1) is 12.9. The maximum absolute atomic E-state index is 13.2. The van der Waals surface area contributed by atoms with Crippen molar-refractivity contribution in [2.45, 2.75) is 6.42 Å². The van der Waals surface area contributed by atoms with Crippen molar-refractivity contribution in [3.63, 3.8) is 0 Å². The molecule has 1 heterocycles. The number of thiophene rings is 1. The van der Waals surface area contributed by atoms with Crippen LogP contribution in [-0.2, 0) is 11.2 Å². The lowest BCUT2D eigenvalue weighted by Crippen LogP contribution is -2.05. The van der Waals surface area contributed by atoms with E-state index in [0.717, 1.165) is 5.56 Å². The number of carbonyl (C=O) groups is 2. The Morgan fingerprint density at radius 1 is 1.15 bits per heavy atom. The fraction of sp³-hybridized carbons (Fsp3) is 0.0476. The molecule has 0 amide bonds. The maximum atomic E-state index is 13.2. The Morgan fingerprint density at radius 2 is 1.89 bits per heavy atom. The molecule has 1 N–H and O–H groups in total. The summed E-state index contributed by atoms with van der Waals surface area (Å²) in [5.74, 6) is -1.73. The van der Waals surface area contributed by atoms with Crippen LogP contribution >= 0.6 is 22.9 Å². The summed E-state index contributed by atoms with van der Waals surface area (Å²) >= 11 is 7.11. The number of ketones is 1. The molecule has 136 valence electrons. The maximum Gasteiger partial charge on any atom is 0.337 e. The molecular formula is C21H14ClFO3S. The van der Waals surface area contributed by atoms with Gasteiger partial charge in [0.1, 0.15) is 5.82 Å². The van der Waals surface area contributed by atoms with Crippen LogP contribution in [0.2, 0.25) is 5.02 Å². The van der Waals surface area contributed by atoms with Crippen LogP contribution < -0.4 is 0 Å². The molecule has 3 aromatic rings. The molecule has 3 nitrogen and oxygen atoms in total. The molecule has 0 fully saturated rings. The molecular weight excluding hydrogens is 387 g/mol. The standard InChI is InChI=1S/C21H14ClFO3S/c22-15-7-5-14(6-8-15)18-12-27-19(20(18)21(25)26)11-17(24)9-4-13-2-1-3-16(23)10-13/h1-10,12H,11H2,(H,25,26)/b9-4+. The van der Waals surface area contributed by atoms with Gasteiger partial charge in [0.05, 0.1) is 5.56 Å². The first kappa shape index (κ1) is 19.0. The number of halogens is 2. The van der Waals surface area contributed by atoms with Gasteiger partial charge >= 0.3 is 5.97 Å². The zero-order valence-corrected chi connectivity index (χ0v) is 15.6. The molecule has 6 heteroatoms. The molecule has 0 unspecified atom stereocenters. The van der Waals surface area contributed by atoms with Crippen LogP contribution in [0.1, 0.15) is 20.8 Å². The summed E-state index contributed by atoms with van der Waals surface area (Å²) in [4.78, 5) is 24.5. The van der Waals surface area contributed by atoms with Gasteiger partial charge in [0, 0.05) is 21.9 Å². The highest BCUT2D eigenvalue weighted by Gasteiger charge is 2.20. The predicted octanol–water partition coefficient (Wildman–Crippen LogP) is 5.73. The van der Waals surface area contributed by atoms with Gasteiger partial charge in [-0.15, -0.1) is 11.3 Å². The molecule has 0 bridgehead atoms. The third kappa shape index (κ3) is 4.70. The third-order valence-corrected chi connectivity index (χ3v) is 5.12. The molecule has 0 saturated heterocycles. The SMILES string of the molecule is O=C(/C=C/c1cccc(F)c1)Cc1scc(-c2ccc(Cl)cc2)c1C(=O)O. The van der Waals surface area contributed by atoms with E-state index in [4.69, 9.17) is 11.6 Å². The zero-order valence-electron chi connectivity index (χ0n) is 14.0. The first-order valence-electron chi connectivity index (χ1n) is 8.00. The summed E-state index contributed by atoms with van der Waals surface area (Å²) in [6.07, 6.45) is 2.81. The Balaban J connectivity index is 1.83. The van der Waals surface area contributed by atoms with Crippen LogP contribution in [0, 0.1) is 5.82 Å². The Kier molecular flexibility index (Phi) is 5.84. The number of carboxylic acid groups (broad SMARTS) is 1. The second-order valence-electron chi connectivity index (χ2n) is 5.79. The number of rotatable bonds is 6. The number of carbonyl (C=O) groups excluding carboxylic acids is 1. The van der Waals surface area contributed by atoms with E-state index in [0.29, 0.717) is 21.0 Å². The van der Waals surface area contributed by atoms with Crippen LogP contribution in [0.3, 0.4) is 0 Å². The Hall–Kier alpha value is -2.76. The van der Waals surface area contributed by atoms with Gasteiger partial charge in [0.15, 0.2) is 5.78 Å². The highest BCUT2D eigenvalue weighted by atomic mass is 35.5. The smallest absolute Gasteiger partial charge is 0.337 e. The second kappa shape index (κ2) is 8.29. The van der Waals surface area contributed by atoms with Crippen molar-refractivity contribution in [2.24, 2.45) is 0 Å². The Bertz CT molecular complexity index is 1020. The average molecular weight is 401 g/mol. The molecule has 0 aliphatic rings. The minimum absolute atomic E-state index is 0.0360. The van der Waals surface area contributed by atoms with Crippen molar-refractivity contribution < 1.29 is 19.1 Å². The zero-order chi connectivity index (χ0) is 19.4. The summed E-state index contributed by atoms with van der Waals surface area (Å²) in [7, 11) is 0. The van der Waals surface area contributed by atoms with Crippen LogP contribution in [0.4, 0.5) is 4.39 Å². The summed E-state index contributed by atoms with van der Waals surface area (Å²) in [6.45, 7) is 0. The number of benzene rings is 2. The number of hydrogen-bond donors (Lipinski definition) is 1. The van der Waals surface area contributed by atoms with Crippen molar-refractivity contribution in [1.82, 2.24) is 0 Å². The Labute approximate surface area is 164 Å². The molecule has 0 spiro atoms. The van der Waals surface area contributed by atoms with E-state index in [1.54, 1.807) is 41.8 Å².